The van der Waals surface area contributed by atoms with Crippen LogP contribution in [-0.2, 0) is 0 Å². The SMILES string of the molecule is COc1cccc(-c2ccc(C(=O)N3CCC(n4cc(C5CC5)nn4)C3)cc2)c1. The molecule has 0 spiro atoms. The monoisotopic (exact) mass is 388 g/mol. The van der Waals surface area contributed by atoms with Crippen LogP contribution in [0.3, 0.4) is 0 Å². The van der Waals surface area contributed by atoms with Gasteiger partial charge in [0.15, 0.2) is 0 Å². The molecule has 0 radical (unpaired) electrons. The van der Waals surface area contributed by atoms with Crippen LogP contribution in [0.5, 0.6) is 5.75 Å². The topological polar surface area (TPSA) is 60.2 Å². The number of ether oxygens (including phenoxy) is 1. The van der Waals surface area contributed by atoms with Gasteiger partial charge in [-0.05, 0) is 54.7 Å². The highest BCUT2D eigenvalue weighted by atomic mass is 16.5. The molecule has 2 aliphatic rings. The van der Waals surface area contributed by atoms with E-state index >= 15 is 0 Å². The zero-order valence-electron chi connectivity index (χ0n) is 16.5. The third kappa shape index (κ3) is 3.62. The van der Waals surface area contributed by atoms with Crippen LogP contribution in [0.2, 0.25) is 0 Å². The molecule has 1 unspecified atom stereocenters. The number of carbonyl (C=O) groups is 1. The number of hydrogen-bond acceptors (Lipinski definition) is 4. The Labute approximate surface area is 170 Å². The molecule has 1 saturated carbocycles. The minimum atomic E-state index is 0.0761. The summed E-state index contributed by atoms with van der Waals surface area (Å²) < 4.78 is 7.25. The lowest BCUT2D eigenvalue weighted by Gasteiger charge is -2.17. The van der Waals surface area contributed by atoms with Crippen molar-refractivity contribution < 1.29 is 9.53 Å². The number of rotatable bonds is 5. The van der Waals surface area contributed by atoms with Crippen LogP contribution in [0.1, 0.15) is 47.3 Å². The lowest BCUT2D eigenvalue weighted by molar-refractivity contribution is 0.0787. The Kier molecular flexibility index (Phi) is 4.54. The summed E-state index contributed by atoms with van der Waals surface area (Å²) in [5.74, 6) is 1.50. The van der Waals surface area contributed by atoms with E-state index in [0.717, 1.165) is 41.1 Å². The van der Waals surface area contributed by atoms with E-state index in [-0.39, 0.29) is 11.9 Å². The number of methoxy groups -OCH3 is 1. The summed E-state index contributed by atoms with van der Waals surface area (Å²) in [5, 5.41) is 8.61. The fraction of sp³-hybridized carbons (Fsp3) is 0.348. The second kappa shape index (κ2) is 7.35. The van der Waals surface area contributed by atoms with E-state index in [1.807, 2.05) is 58.1 Å². The quantitative estimate of drug-likeness (QED) is 0.665. The third-order valence-corrected chi connectivity index (χ3v) is 5.88. The van der Waals surface area contributed by atoms with Crippen molar-refractivity contribution in [2.24, 2.45) is 0 Å². The van der Waals surface area contributed by atoms with E-state index in [2.05, 4.69) is 16.5 Å². The lowest BCUT2D eigenvalue weighted by atomic mass is 10.0. The smallest absolute Gasteiger partial charge is 0.253 e. The van der Waals surface area contributed by atoms with Gasteiger partial charge in [0, 0.05) is 30.8 Å². The Balaban J connectivity index is 1.26. The largest absolute Gasteiger partial charge is 0.497 e. The maximum Gasteiger partial charge on any atom is 0.253 e. The molecule has 2 heterocycles. The minimum Gasteiger partial charge on any atom is -0.497 e. The average molecular weight is 388 g/mol. The molecule has 0 N–H and O–H groups in total. The second-order valence-electron chi connectivity index (χ2n) is 7.90. The fourth-order valence-corrected chi connectivity index (χ4v) is 3.97. The van der Waals surface area contributed by atoms with Gasteiger partial charge in [-0.2, -0.15) is 0 Å². The van der Waals surface area contributed by atoms with Crippen LogP contribution in [0.25, 0.3) is 11.1 Å². The van der Waals surface area contributed by atoms with E-state index in [0.29, 0.717) is 12.5 Å². The van der Waals surface area contributed by atoms with Crippen LogP contribution in [-0.4, -0.2) is 46.0 Å². The standard InChI is InChI=1S/C23H24N4O2/c1-29-21-4-2-3-19(13-21)16-5-9-18(10-6-16)23(28)26-12-11-20(14-26)27-15-22(24-25-27)17-7-8-17/h2-6,9-10,13,15,17,20H,7-8,11-12,14H2,1H3. The first kappa shape index (κ1) is 17.9. The first-order valence-corrected chi connectivity index (χ1v) is 10.2. The van der Waals surface area contributed by atoms with Crippen LogP contribution in [0, 0.1) is 0 Å². The molecule has 1 saturated heterocycles. The molecule has 1 aromatic heterocycles. The fourth-order valence-electron chi connectivity index (χ4n) is 3.97. The molecule has 6 heteroatoms. The molecule has 2 aromatic carbocycles. The van der Waals surface area contributed by atoms with Crippen molar-refractivity contribution in [2.45, 2.75) is 31.2 Å². The zero-order valence-corrected chi connectivity index (χ0v) is 16.5. The zero-order chi connectivity index (χ0) is 19.8. The summed E-state index contributed by atoms with van der Waals surface area (Å²) in [6.07, 6.45) is 5.43. The third-order valence-electron chi connectivity index (χ3n) is 5.88. The molecule has 29 heavy (non-hydrogen) atoms. The van der Waals surface area contributed by atoms with E-state index in [4.69, 9.17) is 4.74 Å². The lowest BCUT2D eigenvalue weighted by Crippen LogP contribution is -2.29. The summed E-state index contributed by atoms with van der Waals surface area (Å²) in [6, 6.07) is 16.0. The number of aromatic nitrogens is 3. The summed E-state index contributed by atoms with van der Waals surface area (Å²) in [4.78, 5) is 14.9. The second-order valence-corrected chi connectivity index (χ2v) is 7.90. The van der Waals surface area contributed by atoms with Gasteiger partial charge < -0.3 is 9.64 Å². The molecule has 0 bridgehead atoms. The predicted octanol–water partition coefficient (Wildman–Crippen LogP) is 3.92. The average Bonchev–Trinajstić information content (AvgIpc) is 3.30. The minimum absolute atomic E-state index is 0.0761. The molecule has 6 nitrogen and oxygen atoms in total. The van der Waals surface area contributed by atoms with Crippen LogP contribution in [0.4, 0.5) is 0 Å². The van der Waals surface area contributed by atoms with Crippen LogP contribution >= 0.6 is 0 Å². The van der Waals surface area contributed by atoms with Gasteiger partial charge in [-0.15, -0.1) is 5.10 Å². The van der Waals surface area contributed by atoms with Gasteiger partial charge in [-0.1, -0.05) is 29.5 Å². The van der Waals surface area contributed by atoms with E-state index in [9.17, 15) is 4.79 Å². The number of likely N-dealkylation sites (tertiary alicyclic amines) is 1. The number of nitrogens with zero attached hydrogens (tertiary/aromatic N) is 4. The van der Waals surface area contributed by atoms with Crippen molar-refractivity contribution in [1.82, 2.24) is 19.9 Å². The van der Waals surface area contributed by atoms with Gasteiger partial charge in [-0.3, -0.25) is 4.79 Å². The highest BCUT2D eigenvalue weighted by molar-refractivity contribution is 5.95. The first-order valence-electron chi connectivity index (χ1n) is 10.2. The normalized spacial score (nSPS) is 18.8. The van der Waals surface area contributed by atoms with Crippen molar-refractivity contribution in [3.63, 3.8) is 0 Å². The molecule has 1 atom stereocenters. The highest BCUT2D eigenvalue weighted by Gasteiger charge is 2.31. The summed E-state index contributed by atoms with van der Waals surface area (Å²) in [6.45, 7) is 1.43. The van der Waals surface area contributed by atoms with Crippen molar-refractivity contribution in [2.75, 3.05) is 20.2 Å². The Morgan fingerprint density at radius 3 is 2.66 bits per heavy atom. The van der Waals surface area contributed by atoms with E-state index in [1.54, 1.807) is 7.11 Å². The molecule has 3 aromatic rings. The Morgan fingerprint density at radius 2 is 1.90 bits per heavy atom. The molecule has 1 amide bonds. The van der Waals surface area contributed by atoms with Crippen LogP contribution < -0.4 is 4.74 Å². The van der Waals surface area contributed by atoms with Gasteiger partial charge >= 0.3 is 0 Å². The Bertz CT molecular complexity index is 1020. The van der Waals surface area contributed by atoms with Crippen molar-refractivity contribution in [3.05, 3.63) is 66.0 Å². The van der Waals surface area contributed by atoms with Gasteiger partial charge in [0.25, 0.3) is 5.91 Å². The number of benzene rings is 2. The van der Waals surface area contributed by atoms with Crippen molar-refractivity contribution >= 4 is 5.91 Å². The number of carbonyl (C=O) groups excluding carboxylic acids is 1. The molecule has 1 aliphatic heterocycles. The molecule has 5 rings (SSSR count). The van der Waals surface area contributed by atoms with Crippen LogP contribution in [0.15, 0.2) is 54.7 Å². The molecular formula is C23H24N4O2. The van der Waals surface area contributed by atoms with Gasteiger partial charge in [0.2, 0.25) is 0 Å². The van der Waals surface area contributed by atoms with Crippen molar-refractivity contribution in [3.8, 4) is 16.9 Å². The molecule has 2 fully saturated rings. The molecular weight excluding hydrogens is 364 g/mol. The van der Waals surface area contributed by atoms with E-state index < -0.39 is 0 Å². The highest BCUT2D eigenvalue weighted by Crippen LogP contribution is 2.39. The van der Waals surface area contributed by atoms with Gasteiger partial charge in [0.05, 0.1) is 18.8 Å². The molecule has 148 valence electrons. The maximum atomic E-state index is 13.0. The Hall–Kier alpha value is -3.15. The number of amides is 1. The summed E-state index contributed by atoms with van der Waals surface area (Å²) in [7, 11) is 1.66. The summed E-state index contributed by atoms with van der Waals surface area (Å²) in [5.41, 5.74) is 3.95. The summed E-state index contributed by atoms with van der Waals surface area (Å²) >= 11 is 0. The molecule has 1 aliphatic carbocycles. The van der Waals surface area contributed by atoms with E-state index in [1.165, 1.54) is 12.8 Å². The maximum absolute atomic E-state index is 13.0. The van der Waals surface area contributed by atoms with Gasteiger partial charge in [0.1, 0.15) is 5.75 Å². The Morgan fingerprint density at radius 1 is 1.07 bits per heavy atom. The first-order chi connectivity index (χ1) is 14.2. The van der Waals surface area contributed by atoms with Gasteiger partial charge in [-0.25, -0.2) is 4.68 Å². The van der Waals surface area contributed by atoms with Crippen molar-refractivity contribution in [1.29, 1.82) is 0 Å². The predicted molar refractivity (Wildman–Crippen MR) is 110 cm³/mol. The number of hydrogen-bond donors (Lipinski definition) is 0.